The van der Waals surface area contributed by atoms with Crippen LogP contribution in [0.2, 0.25) is 0 Å². The topological polar surface area (TPSA) is 28.2 Å². The van der Waals surface area contributed by atoms with Crippen molar-refractivity contribution >= 4 is 23.0 Å². The average Bonchev–Trinajstić information content (AvgIpc) is 2.69. The van der Waals surface area contributed by atoms with E-state index in [2.05, 4.69) is 15.2 Å². The summed E-state index contributed by atoms with van der Waals surface area (Å²) in [5.41, 5.74) is 0.539. The molecule has 1 aromatic carbocycles. The van der Waals surface area contributed by atoms with Crippen molar-refractivity contribution < 1.29 is 13.2 Å². The number of alkyl halides is 3. The third-order valence-electron chi connectivity index (χ3n) is 5.18. The van der Waals surface area contributed by atoms with Crippen LogP contribution < -0.4 is 5.32 Å². The molecule has 1 atom stereocenters. The number of benzene rings is 1. The van der Waals surface area contributed by atoms with E-state index in [1.54, 1.807) is 12.3 Å². The van der Waals surface area contributed by atoms with Crippen LogP contribution in [-0.2, 0) is 6.18 Å². The minimum atomic E-state index is -4.39. The van der Waals surface area contributed by atoms with E-state index in [0.29, 0.717) is 10.8 Å². The molecule has 1 heterocycles. The van der Waals surface area contributed by atoms with E-state index in [0.717, 1.165) is 43.5 Å². The van der Waals surface area contributed by atoms with E-state index in [1.165, 1.54) is 12.5 Å². The smallest absolute Gasteiger partial charge is 0.338 e. The molecule has 1 fully saturated rings. The van der Waals surface area contributed by atoms with Crippen molar-refractivity contribution in [2.24, 2.45) is 0 Å². The second-order valence-corrected chi connectivity index (χ2v) is 7.53. The largest absolute Gasteiger partial charge is 0.416 e. The van der Waals surface area contributed by atoms with Gasteiger partial charge in [0.1, 0.15) is 0 Å². The minimum absolute atomic E-state index is 0.0740. The molecule has 0 amide bonds. The number of halogens is 3. The van der Waals surface area contributed by atoms with Crippen molar-refractivity contribution in [3.8, 4) is 0 Å². The molecule has 0 bridgehead atoms. The number of pyridine rings is 1. The lowest BCUT2D eigenvalue weighted by Crippen LogP contribution is -2.45. The Balaban J connectivity index is 1.84. The highest BCUT2D eigenvalue weighted by atomic mass is 32.1. The fraction of sp³-hybridized carbons (Fsp3) is 0.429. The number of nitrogens with zero attached hydrogens (tertiary/aromatic N) is 2. The first-order valence-corrected chi connectivity index (χ1v) is 9.94. The molecule has 3 rings (SSSR count). The lowest BCUT2D eigenvalue weighted by molar-refractivity contribution is -0.137. The molecule has 1 aliphatic carbocycles. The maximum atomic E-state index is 13.0. The van der Waals surface area contributed by atoms with Gasteiger partial charge in [0.2, 0.25) is 0 Å². The fourth-order valence-corrected chi connectivity index (χ4v) is 4.17. The first-order chi connectivity index (χ1) is 13.4. The summed E-state index contributed by atoms with van der Waals surface area (Å²) in [6.07, 6.45) is 2.85. The van der Waals surface area contributed by atoms with Gasteiger partial charge in [-0.25, -0.2) is 0 Å². The molecule has 150 valence electrons. The summed E-state index contributed by atoms with van der Waals surface area (Å²) in [7, 11) is 0. The van der Waals surface area contributed by atoms with Crippen molar-refractivity contribution in [2.75, 3.05) is 5.32 Å². The molecular weight excluding hydrogens is 383 g/mol. The molecule has 1 aliphatic rings. The van der Waals surface area contributed by atoms with E-state index in [-0.39, 0.29) is 12.1 Å². The molecule has 7 heteroatoms. The number of nitrogens with one attached hydrogen (secondary N) is 1. The molecule has 1 saturated carbocycles. The van der Waals surface area contributed by atoms with Crippen LogP contribution in [0.4, 0.5) is 18.9 Å². The van der Waals surface area contributed by atoms with Crippen molar-refractivity contribution in [1.29, 1.82) is 0 Å². The molecule has 1 aromatic heterocycles. The summed E-state index contributed by atoms with van der Waals surface area (Å²) in [5.74, 6) is 0. The van der Waals surface area contributed by atoms with Crippen LogP contribution in [-0.4, -0.2) is 21.0 Å². The Morgan fingerprint density at radius 3 is 2.54 bits per heavy atom. The van der Waals surface area contributed by atoms with E-state index in [9.17, 15) is 13.2 Å². The summed E-state index contributed by atoms with van der Waals surface area (Å²) >= 11 is 5.66. The molecule has 0 aliphatic heterocycles. The Kier molecular flexibility index (Phi) is 6.54. The van der Waals surface area contributed by atoms with Crippen LogP contribution in [0.1, 0.15) is 56.3 Å². The summed E-state index contributed by atoms with van der Waals surface area (Å²) in [5, 5.41) is 3.47. The maximum absolute atomic E-state index is 13.0. The molecule has 3 nitrogen and oxygen atoms in total. The van der Waals surface area contributed by atoms with E-state index in [1.807, 2.05) is 25.1 Å². The molecule has 0 radical (unpaired) electrons. The van der Waals surface area contributed by atoms with Crippen molar-refractivity contribution in [2.45, 2.75) is 57.3 Å². The van der Waals surface area contributed by atoms with E-state index >= 15 is 0 Å². The summed E-state index contributed by atoms with van der Waals surface area (Å²) in [6, 6.07) is 11.1. The number of hydrogen-bond acceptors (Lipinski definition) is 2. The Hall–Kier alpha value is -2.15. The average molecular weight is 408 g/mol. The van der Waals surface area contributed by atoms with Crippen LogP contribution in [0.15, 0.2) is 48.7 Å². The molecular formula is C21H24F3N3S. The number of thiocarbonyl (C=S) groups is 1. The molecule has 28 heavy (non-hydrogen) atoms. The van der Waals surface area contributed by atoms with Crippen molar-refractivity contribution in [3.63, 3.8) is 0 Å². The van der Waals surface area contributed by atoms with Gasteiger partial charge in [0.25, 0.3) is 0 Å². The predicted octanol–water partition coefficient (Wildman–Crippen LogP) is 6.19. The Morgan fingerprint density at radius 2 is 1.89 bits per heavy atom. The maximum Gasteiger partial charge on any atom is 0.416 e. The highest BCUT2D eigenvalue weighted by Crippen LogP contribution is 2.32. The normalized spacial score (nSPS) is 16.4. The zero-order chi connectivity index (χ0) is 20.1. The molecule has 2 aromatic rings. The number of hydrogen-bond donors (Lipinski definition) is 1. The summed E-state index contributed by atoms with van der Waals surface area (Å²) in [4.78, 5) is 6.56. The van der Waals surface area contributed by atoms with E-state index in [4.69, 9.17) is 12.2 Å². The highest BCUT2D eigenvalue weighted by molar-refractivity contribution is 7.80. The summed E-state index contributed by atoms with van der Waals surface area (Å²) < 4.78 is 39.1. The minimum Gasteiger partial charge on any atom is -0.338 e. The number of aromatic nitrogens is 1. The lowest BCUT2D eigenvalue weighted by Gasteiger charge is -2.40. The van der Waals surface area contributed by atoms with Gasteiger partial charge in [-0.3, -0.25) is 4.98 Å². The molecule has 1 unspecified atom stereocenters. The standard InChI is InChI=1S/C21H24F3N3S/c1-15(19-12-5-6-13-25-19)27(18-10-3-2-4-11-18)20(28)26-17-9-7-8-16(14-17)21(22,23)24/h5-9,12-15,18H,2-4,10-11H2,1H3,(H,26,28). The van der Waals surface area contributed by atoms with Crippen molar-refractivity contribution in [3.05, 3.63) is 59.9 Å². The quantitative estimate of drug-likeness (QED) is 0.612. The number of anilines is 1. The van der Waals surface area contributed by atoms with Gasteiger partial charge < -0.3 is 10.2 Å². The van der Waals surface area contributed by atoms with Gasteiger partial charge in [-0.1, -0.05) is 31.4 Å². The molecule has 0 spiro atoms. The first kappa shape index (κ1) is 20.6. The first-order valence-electron chi connectivity index (χ1n) is 9.54. The second-order valence-electron chi connectivity index (χ2n) is 7.14. The third kappa shape index (κ3) is 5.01. The predicted molar refractivity (Wildman–Crippen MR) is 109 cm³/mol. The van der Waals surface area contributed by atoms with E-state index < -0.39 is 11.7 Å². The third-order valence-corrected chi connectivity index (χ3v) is 5.49. The van der Waals surface area contributed by atoms with Crippen LogP contribution >= 0.6 is 12.2 Å². The van der Waals surface area contributed by atoms with Gasteiger partial charge in [0.15, 0.2) is 5.11 Å². The zero-order valence-electron chi connectivity index (χ0n) is 15.7. The van der Waals surface area contributed by atoms with Crippen LogP contribution in [0.3, 0.4) is 0 Å². The monoisotopic (exact) mass is 407 g/mol. The van der Waals surface area contributed by atoms with Crippen LogP contribution in [0.5, 0.6) is 0 Å². The zero-order valence-corrected chi connectivity index (χ0v) is 16.6. The van der Waals surface area contributed by atoms with Gasteiger partial charge in [-0.05, 0) is 62.3 Å². The Morgan fingerprint density at radius 1 is 1.14 bits per heavy atom. The van der Waals surface area contributed by atoms with Gasteiger partial charge in [-0.15, -0.1) is 0 Å². The van der Waals surface area contributed by atoms with Gasteiger partial charge in [0.05, 0.1) is 17.3 Å². The van der Waals surface area contributed by atoms with Crippen molar-refractivity contribution in [1.82, 2.24) is 9.88 Å². The fourth-order valence-electron chi connectivity index (χ4n) is 3.74. The molecule has 1 N–H and O–H groups in total. The summed E-state index contributed by atoms with van der Waals surface area (Å²) in [6.45, 7) is 2.04. The SMILES string of the molecule is CC(c1ccccn1)N(C(=S)Nc1cccc(C(F)(F)F)c1)C1CCCCC1. The second kappa shape index (κ2) is 8.90. The Bertz CT molecular complexity index is 789. The highest BCUT2D eigenvalue weighted by Gasteiger charge is 2.31. The van der Waals surface area contributed by atoms with Gasteiger partial charge in [-0.2, -0.15) is 13.2 Å². The molecule has 0 saturated heterocycles. The van der Waals surface area contributed by atoms with Crippen LogP contribution in [0, 0.1) is 0 Å². The van der Waals surface area contributed by atoms with Gasteiger partial charge >= 0.3 is 6.18 Å². The van der Waals surface area contributed by atoms with Gasteiger partial charge in [0, 0.05) is 17.9 Å². The number of rotatable bonds is 4. The Labute approximate surface area is 169 Å². The lowest BCUT2D eigenvalue weighted by atomic mass is 9.93. The van der Waals surface area contributed by atoms with Crippen LogP contribution in [0.25, 0.3) is 0 Å².